The first kappa shape index (κ1) is 21.6. The topological polar surface area (TPSA) is 94.4 Å². The Balaban J connectivity index is 1.21. The van der Waals surface area contributed by atoms with Gasteiger partial charge in [0.25, 0.3) is 0 Å². The van der Waals surface area contributed by atoms with Crippen LogP contribution in [0, 0.1) is 0 Å². The SMILES string of the molecule is Cn1cncc1C[C@H](N)C(=O)N1C[C@H]2OCCN(CCn3cc4c(Br)cccc4n3)[C@H]2C1. The number of rotatable bonds is 6. The summed E-state index contributed by atoms with van der Waals surface area (Å²) < 4.78 is 11.0. The number of ether oxygens (including phenoxy) is 1. The monoisotopic (exact) mass is 501 g/mol. The van der Waals surface area contributed by atoms with Crippen LogP contribution in [0.2, 0.25) is 0 Å². The van der Waals surface area contributed by atoms with Crippen LogP contribution in [0.4, 0.5) is 0 Å². The molecule has 0 radical (unpaired) electrons. The Morgan fingerprint density at radius 2 is 2.22 bits per heavy atom. The molecule has 5 rings (SSSR count). The molecule has 170 valence electrons. The Labute approximate surface area is 195 Å². The number of morpholine rings is 1. The molecule has 2 fully saturated rings. The third-order valence-corrected chi connectivity index (χ3v) is 7.24. The summed E-state index contributed by atoms with van der Waals surface area (Å²) in [5.41, 5.74) is 8.21. The summed E-state index contributed by atoms with van der Waals surface area (Å²) in [6.07, 6.45) is 6.08. The number of carbonyl (C=O) groups is 1. The van der Waals surface area contributed by atoms with E-state index < -0.39 is 6.04 Å². The highest BCUT2D eigenvalue weighted by Crippen LogP contribution is 2.25. The Bertz CT molecular complexity index is 1110. The Morgan fingerprint density at radius 3 is 3.00 bits per heavy atom. The number of likely N-dealkylation sites (tertiary alicyclic amines) is 1. The molecular weight excluding hydrogens is 474 g/mol. The van der Waals surface area contributed by atoms with E-state index in [0.29, 0.717) is 26.1 Å². The summed E-state index contributed by atoms with van der Waals surface area (Å²) in [5, 5.41) is 5.81. The fourth-order valence-electron chi connectivity index (χ4n) is 4.75. The lowest BCUT2D eigenvalue weighted by Crippen LogP contribution is -2.51. The number of amides is 1. The zero-order chi connectivity index (χ0) is 22.2. The second-order valence-electron chi connectivity index (χ2n) is 8.63. The lowest BCUT2D eigenvalue weighted by Gasteiger charge is -2.36. The Kier molecular flexibility index (Phi) is 6.02. The number of aryl methyl sites for hydroxylation is 1. The minimum absolute atomic E-state index is 0.0210. The second-order valence-corrected chi connectivity index (χ2v) is 9.48. The van der Waals surface area contributed by atoms with Crippen molar-refractivity contribution in [1.82, 2.24) is 29.1 Å². The molecule has 0 unspecified atom stereocenters. The van der Waals surface area contributed by atoms with Crippen LogP contribution < -0.4 is 5.73 Å². The first-order valence-corrected chi connectivity index (χ1v) is 11.8. The van der Waals surface area contributed by atoms with Gasteiger partial charge in [-0.15, -0.1) is 0 Å². The first-order valence-electron chi connectivity index (χ1n) is 11.0. The van der Waals surface area contributed by atoms with E-state index in [1.165, 1.54) is 0 Å². The van der Waals surface area contributed by atoms with E-state index in [4.69, 9.17) is 15.6 Å². The summed E-state index contributed by atoms with van der Waals surface area (Å²) in [6.45, 7) is 4.43. The van der Waals surface area contributed by atoms with Gasteiger partial charge in [0.15, 0.2) is 0 Å². The molecule has 2 aliphatic heterocycles. The lowest BCUT2D eigenvalue weighted by atomic mass is 10.1. The number of benzene rings is 1. The molecule has 2 aliphatic rings. The molecule has 0 aliphatic carbocycles. The number of aromatic nitrogens is 4. The number of carbonyl (C=O) groups excluding carboxylic acids is 1. The third kappa shape index (κ3) is 4.19. The van der Waals surface area contributed by atoms with Crippen molar-refractivity contribution in [2.75, 3.05) is 32.8 Å². The van der Waals surface area contributed by atoms with E-state index in [9.17, 15) is 4.79 Å². The van der Waals surface area contributed by atoms with Crippen LogP contribution in [-0.4, -0.2) is 86.0 Å². The molecule has 0 saturated carbocycles. The van der Waals surface area contributed by atoms with Crippen LogP contribution in [0.3, 0.4) is 0 Å². The van der Waals surface area contributed by atoms with Crippen molar-refractivity contribution >= 4 is 32.7 Å². The number of nitrogens with two attached hydrogens (primary N) is 1. The summed E-state index contributed by atoms with van der Waals surface area (Å²) in [6, 6.07) is 5.67. The van der Waals surface area contributed by atoms with Gasteiger partial charge in [0.1, 0.15) is 0 Å². The molecular formula is C22H28BrN7O2. The Morgan fingerprint density at radius 1 is 1.34 bits per heavy atom. The third-order valence-electron chi connectivity index (χ3n) is 6.55. The fourth-order valence-corrected chi connectivity index (χ4v) is 5.20. The van der Waals surface area contributed by atoms with Gasteiger partial charge in [-0.2, -0.15) is 5.10 Å². The number of hydrogen-bond donors (Lipinski definition) is 1. The molecule has 0 spiro atoms. The smallest absolute Gasteiger partial charge is 0.240 e. The summed E-state index contributed by atoms with van der Waals surface area (Å²) in [7, 11) is 1.91. The predicted octanol–water partition coefficient (Wildman–Crippen LogP) is 1.01. The predicted molar refractivity (Wildman–Crippen MR) is 124 cm³/mol. The van der Waals surface area contributed by atoms with Crippen LogP contribution in [0.15, 0.2) is 41.4 Å². The normalized spacial score (nSPS) is 22.4. The summed E-state index contributed by atoms with van der Waals surface area (Å²) in [4.78, 5) is 21.4. The maximum Gasteiger partial charge on any atom is 0.240 e. The number of nitrogens with zero attached hydrogens (tertiary/aromatic N) is 6. The van der Waals surface area contributed by atoms with Gasteiger partial charge in [0, 0.05) is 67.6 Å². The molecule has 2 aromatic heterocycles. The number of imidazole rings is 1. The highest BCUT2D eigenvalue weighted by atomic mass is 79.9. The molecule has 1 aromatic carbocycles. The lowest BCUT2D eigenvalue weighted by molar-refractivity contribution is -0.132. The zero-order valence-corrected chi connectivity index (χ0v) is 19.7. The van der Waals surface area contributed by atoms with E-state index in [0.717, 1.165) is 40.7 Å². The quantitative estimate of drug-likeness (QED) is 0.541. The van der Waals surface area contributed by atoms with Crippen LogP contribution in [0.5, 0.6) is 0 Å². The van der Waals surface area contributed by atoms with Gasteiger partial charge in [-0.3, -0.25) is 14.4 Å². The molecule has 2 N–H and O–H groups in total. The molecule has 32 heavy (non-hydrogen) atoms. The highest BCUT2D eigenvalue weighted by Gasteiger charge is 2.42. The van der Waals surface area contributed by atoms with Gasteiger partial charge in [-0.25, -0.2) is 4.98 Å². The minimum atomic E-state index is -0.575. The summed E-state index contributed by atoms with van der Waals surface area (Å²) in [5.74, 6) is -0.0210. The molecule has 3 atom stereocenters. The largest absolute Gasteiger partial charge is 0.373 e. The standard InChI is InChI=1S/C22H28BrN7O2/c1-27-14-25-10-15(27)9-18(24)22(31)29-12-20-21(13-29)32-8-7-28(20)5-6-30-11-16-17(23)3-2-4-19(16)26-30/h2-4,10-11,14,18,20-21H,5-9,12-13,24H2,1H3/t18-,20-,21+/m0/s1. The van der Waals surface area contributed by atoms with Gasteiger partial charge in [0.05, 0.1) is 43.2 Å². The van der Waals surface area contributed by atoms with Crippen LogP contribution in [-0.2, 0) is 29.5 Å². The van der Waals surface area contributed by atoms with Crippen LogP contribution in [0.1, 0.15) is 5.69 Å². The first-order chi connectivity index (χ1) is 15.5. The summed E-state index contributed by atoms with van der Waals surface area (Å²) >= 11 is 3.60. The van der Waals surface area contributed by atoms with Crippen molar-refractivity contribution in [3.63, 3.8) is 0 Å². The van der Waals surface area contributed by atoms with E-state index in [2.05, 4.69) is 32.0 Å². The number of fused-ring (bicyclic) bond motifs is 2. The Hall–Kier alpha value is -2.27. The van der Waals surface area contributed by atoms with Crippen molar-refractivity contribution in [2.24, 2.45) is 12.8 Å². The maximum absolute atomic E-state index is 13.0. The van der Waals surface area contributed by atoms with Gasteiger partial charge in [-0.1, -0.05) is 22.0 Å². The molecule has 10 heteroatoms. The molecule has 3 aromatic rings. The number of halogens is 1. The second kappa shape index (κ2) is 8.93. The van der Waals surface area contributed by atoms with Gasteiger partial charge in [-0.05, 0) is 12.1 Å². The van der Waals surface area contributed by atoms with Gasteiger partial charge in [0.2, 0.25) is 5.91 Å². The molecule has 1 amide bonds. The number of hydrogen-bond acceptors (Lipinski definition) is 6. The minimum Gasteiger partial charge on any atom is -0.373 e. The van der Waals surface area contributed by atoms with E-state index >= 15 is 0 Å². The van der Waals surface area contributed by atoms with E-state index in [1.54, 1.807) is 12.5 Å². The van der Waals surface area contributed by atoms with Crippen molar-refractivity contribution in [3.05, 3.63) is 47.1 Å². The average Bonchev–Trinajstić information content (AvgIpc) is 3.50. The molecule has 2 saturated heterocycles. The van der Waals surface area contributed by atoms with Crippen molar-refractivity contribution in [1.29, 1.82) is 0 Å². The zero-order valence-electron chi connectivity index (χ0n) is 18.1. The van der Waals surface area contributed by atoms with Crippen molar-refractivity contribution < 1.29 is 9.53 Å². The van der Waals surface area contributed by atoms with Crippen molar-refractivity contribution in [3.8, 4) is 0 Å². The van der Waals surface area contributed by atoms with Crippen LogP contribution >= 0.6 is 15.9 Å². The van der Waals surface area contributed by atoms with E-state index in [-0.39, 0.29) is 18.1 Å². The molecule has 4 heterocycles. The average molecular weight is 502 g/mol. The van der Waals surface area contributed by atoms with Gasteiger partial charge < -0.3 is 19.9 Å². The van der Waals surface area contributed by atoms with Gasteiger partial charge >= 0.3 is 0 Å². The maximum atomic E-state index is 13.0. The molecule has 9 nitrogen and oxygen atoms in total. The van der Waals surface area contributed by atoms with E-state index in [1.807, 2.05) is 39.4 Å². The molecule has 0 bridgehead atoms. The van der Waals surface area contributed by atoms with Crippen molar-refractivity contribution in [2.45, 2.75) is 31.2 Å². The van der Waals surface area contributed by atoms with Crippen LogP contribution in [0.25, 0.3) is 10.9 Å². The fraction of sp³-hybridized carbons (Fsp3) is 0.500. The highest BCUT2D eigenvalue weighted by molar-refractivity contribution is 9.10.